The van der Waals surface area contributed by atoms with Gasteiger partial charge in [0, 0.05) is 0 Å². The summed E-state index contributed by atoms with van der Waals surface area (Å²) in [4.78, 5) is 2.50. The first-order valence-electron chi connectivity index (χ1n) is 9.29. The molecule has 0 atom stereocenters. The van der Waals surface area contributed by atoms with Crippen LogP contribution in [0, 0.1) is 0 Å². The van der Waals surface area contributed by atoms with Crippen molar-refractivity contribution in [1.29, 1.82) is 0 Å². The van der Waals surface area contributed by atoms with E-state index in [2.05, 4.69) is 31.0 Å². The molecule has 182 valence electrons. The van der Waals surface area contributed by atoms with Crippen molar-refractivity contribution in [1.82, 2.24) is 0 Å². The van der Waals surface area contributed by atoms with Gasteiger partial charge in [0.15, 0.2) is 0 Å². The molecule has 0 aromatic heterocycles. The maximum Gasteiger partial charge on any atom is 1.00 e. The van der Waals surface area contributed by atoms with Crippen molar-refractivity contribution in [3.8, 4) is 0 Å². The average Bonchev–Trinajstić information content (AvgIpc) is 2.77. The molecule has 0 aliphatic heterocycles. The Morgan fingerprint density at radius 3 is 2.05 bits per heavy atom. The number of nitrogens with zero attached hydrogens (tertiary/aromatic N) is 5. The molecule has 0 spiro atoms. The number of hydrogen-bond acceptors (Lipinski definition) is 11. The Morgan fingerprint density at radius 2 is 1.46 bits per heavy atom. The molecular weight excluding hydrogens is 548 g/mol. The molecule has 37 heavy (non-hydrogen) atoms. The minimum absolute atomic E-state index is 0. The van der Waals surface area contributed by atoms with Crippen molar-refractivity contribution in [3.05, 3.63) is 66.7 Å². The molecule has 0 aliphatic carbocycles. The molecule has 0 saturated carbocycles. The number of azo groups is 1. The van der Waals surface area contributed by atoms with Gasteiger partial charge in [-0.25, -0.2) is 13.4 Å². The number of benzene rings is 3. The van der Waals surface area contributed by atoms with Gasteiger partial charge in [0.25, 0.3) is 10.1 Å². The van der Waals surface area contributed by atoms with Crippen LogP contribution in [0.15, 0.2) is 102 Å². The van der Waals surface area contributed by atoms with E-state index in [-0.39, 0.29) is 81.9 Å². The van der Waals surface area contributed by atoms with E-state index in [1.807, 2.05) is 0 Å². The van der Waals surface area contributed by atoms with E-state index in [4.69, 9.17) is 5.73 Å². The summed E-state index contributed by atoms with van der Waals surface area (Å²) in [5.74, 6) is 0. The minimum atomic E-state index is -4.73. The largest absolute Gasteiger partial charge is 1.00 e. The molecule has 0 radical (unpaired) electrons. The van der Waals surface area contributed by atoms with Crippen molar-refractivity contribution in [2.45, 2.75) is 9.79 Å². The molecule has 3 rings (SSSR count). The molecular formula is C19H15N7Na2O7S2. The SMILES string of the molecule is NC([O-])=Nc1cccc(NN=Nc2ccc(N=Nc3ccc(S(=O)(=O)[O-])cc3)cc2S(=O)(=O)O)c1.[Na+].[Na+]. The molecule has 0 saturated heterocycles. The number of nitrogens with two attached hydrogens (primary N) is 1. The first-order valence-corrected chi connectivity index (χ1v) is 12.1. The number of hydrogen-bond donors (Lipinski definition) is 3. The average molecular weight is 563 g/mol. The summed E-state index contributed by atoms with van der Waals surface area (Å²) in [7, 11) is -9.34. The van der Waals surface area contributed by atoms with Crippen molar-refractivity contribution in [3.63, 3.8) is 0 Å². The second-order valence-corrected chi connectivity index (χ2v) is 9.36. The molecule has 18 heteroatoms. The molecule has 0 fully saturated rings. The predicted molar refractivity (Wildman–Crippen MR) is 121 cm³/mol. The fourth-order valence-corrected chi connectivity index (χ4v) is 3.67. The summed E-state index contributed by atoms with van der Waals surface area (Å²) in [5.41, 5.74) is 8.13. The first kappa shape index (κ1) is 32.8. The molecule has 0 heterocycles. The second kappa shape index (κ2) is 14.1. The third-order valence-electron chi connectivity index (χ3n) is 4.05. The third kappa shape index (κ3) is 10.2. The summed E-state index contributed by atoms with van der Waals surface area (Å²) in [5, 5.41) is 26.0. The zero-order chi connectivity index (χ0) is 25.6. The third-order valence-corrected chi connectivity index (χ3v) is 5.78. The fraction of sp³-hybridized carbons (Fsp3) is 0. The molecule has 0 unspecified atom stereocenters. The number of anilines is 1. The zero-order valence-corrected chi connectivity index (χ0v) is 25.0. The fourth-order valence-electron chi connectivity index (χ4n) is 2.56. The standard InChI is InChI=1S/C19H17N7O7S2.2Na/c20-19(27)21-13-2-1-3-14(10-13)24-26-25-17-9-6-15(11-18(17)35(31,32)33)23-22-12-4-7-16(8-5-12)34(28,29)30;;/h1-11H,(H,24,25)(H3,20,21,27)(H,28,29,30)(H,31,32,33);;/q;2*+1/p-2. The molecule has 3 aromatic rings. The van der Waals surface area contributed by atoms with Crippen molar-refractivity contribution >= 4 is 54.7 Å². The summed E-state index contributed by atoms with van der Waals surface area (Å²) >= 11 is 0. The van der Waals surface area contributed by atoms with Gasteiger partial charge in [-0.2, -0.15) is 18.6 Å². The van der Waals surface area contributed by atoms with Crippen LogP contribution in [-0.4, -0.2) is 32.0 Å². The van der Waals surface area contributed by atoms with Gasteiger partial charge in [0.2, 0.25) is 0 Å². The second-order valence-electron chi connectivity index (χ2n) is 6.59. The van der Waals surface area contributed by atoms with Crippen LogP contribution in [0.3, 0.4) is 0 Å². The van der Waals surface area contributed by atoms with Gasteiger partial charge >= 0.3 is 59.1 Å². The molecule has 4 N–H and O–H groups in total. The van der Waals surface area contributed by atoms with Crippen LogP contribution in [0.25, 0.3) is 0 Å². The Balaban J connectivity index is 0.00000342. The van der Waals surface area contributed by atoms with Crippen LogP contribution < -0.4 is 75.4 Å². The summed E-state index contributed by atoms with van der Waals surface area (Å²) < 4.78 is 66.1. The molecule has 3 aromatic carbocycles. The molecule has 0 amide bonds. The number of rotatable bonds is 8. The normalized spacial score (nSPS) is 12.2. The van der Waals surface area contributed by atoms with Crippen molar-refractivity contribution in [2.24, 2.45) is 31.3 Å². The van der Waals surface area contributed by atoms with E-state index in [0.29, 0.717) is 5.69 Å². The van der Waals surface area contributed by atoms with Crippen molar-refractivity contribution in [2.75, 3.05) is 5.43 Å². The topological polar surface area (TPSA) is 234 Å². The Bertz CT molecular complexity index is 1540. The first-order chi connectivity index (χ1) is 16.4. The van der Waals surface area contributed by atoms with Crippen LogP contribution in [0.5, 0.6) is 0 Å². The van der Waals surface area contributed by atoms with E-state index in [1.54, 1.807) is 12.1 Å². The van der Waals surface area contributed by atoms with Crippen LogP contribution >= 0.6 is 0 Å². The maximum absolute atomic E-state index is 11.8. The van der Waals surface area contributed by atoms with Crippen LogP contribution in [0.1, 0.15) is 0 Å². The summed E-state index contributed by atoms with van der Waals surface area (Å²) in [6, 6.07) is 13.3. The number of aliphatic imine (C=N–C) groups is 1. The van der Waals surface area contributed by atoms with E-state index in [9.17, 15) is 31.0 Å². The van der Waals surface area contributed by atoms with E-state index in [0.717, 1.165) is 18.2 Å². The summed E-state index contributed by atoms with van der Waals surface area (Å²) in [6.07, 6.45) is 0. The monoisotopic (exact) mass is 563 g/mol. The van der Waals surface area contributed by atoms with Crippen LogP contribution in [-0.2, 0) is 20.2 Å². The quantitative estimate of drug-likeness (QED) is 0.0620. The van der Waals surface area contributed by atoms with Gasteiger partial charge < -0.3 is 15.4 Å². The van der Waals surface area contributed by atoms with E-state index in [1.165, 1.54) is 36.4 Å². The molecule has 14 nitrogen and oxygen atoms in total. The van der Waals surface area contributed by atoms with Gasteiger partial charge in [-0.15, -0.1) is 5.11 Å². The van der Waals surface area contributed by atoms with E-state index >= 15 is 0 Å². The van der Waals surface area contributed by atoms with Gasteiger partial charge in [-0.1, -0.05) is 11.3 Å². The Morgan fingerprint density at radius 1 is 0.838 bits per heavy atom. The van der Waals surface area contributed by atoms with E-state index < -0.39 is 36.0 Å². The van der Waals surface area contributed by atoms with Gasteiger partial charge in [-0.05, 0) is 60.7 Å². The molecule has 0 aliphatic rings. The Kier molecular flexibility index (Phi) is 12.5. The minimum Gasteiger partial charge on any atom is -0.846 e. The van der Waals surface area contributed by atoms with Gasteiger partial charge in [0.05, 0.1) is 33.7 Å². The van der Waals surface area contributed by atoms with Gasteiger partial charge in [0.1, 0.15) is 20.7 Å². The van der Waals surface area contributed by atoms with Gasteiger partial charge in [-0.3, -0.25) is 9.98 Å². The van der Waals surface area contributed by atoms with Crippen LogP contribution in [0.2, 0.25) is 0 Å². The Hall–Kier alpha value is -2.25. The van der Waals surface area contributed by atoms with Crippen molar-refractivity contribution < 1.29 is 90.2 Å². The molecule has 0 bridgehead atoms. The summed E-state index contributed by atoms with van der Waals surface area (Å²) in [6.45, 7) is 0. The zero-order valence-electron chi connectivity index (χ0n) is 19.4. The Labute approximate surface area is 255 Å². The number of nitrogens with one attached hydrogen (secondary N) is 1. The maximum atomic E-state index is 11.8. The smallest absolute Gasteiger partial charge is 0.846 e. The predicted octanol–water partition coefficient (Wildman–Crippen LogP) is -3.32. The van der Waals surface area contributed by atoms with Crippen LogP contribution in [0.4, 0.5) is 28.4 Å². The number of amidine groups is 1.